The number of nitrogens with zero attached hydrogens (tertiary/aromatic N) is 2. The third-order valence-corrected chi connectivity index (χ3v) is 3.35. The zero-order valence-electron chi connectivity index (χ0n) is 9.68. The Morgan fingerprint density at radius 1 is 1.21 bits per heavy atom. The Kier molecular flexibility index (Phi) is 3.01. The van der Waals surface area contributed by atoms with Crippen LogP contribution in [0, 0.1) is 0 Å². The van der Waals surface area contributed by atoms with Crippen molar-refractivity contribution < 1.29 is 4.79 Å². The SMILES string of the molecule is O=C1N=C2C=CC=CN2/C1=C/c1ccc(Cl)cc1Cl. The number of rotatable bonds is 1. The zero-order valence-corrected chi connectivity index (χ0v) is 11.2. The van der Waals surface area contributed by atoms with E-state index in [0.717, 1.165) is 5.56 Å². The van der Waals surface area contributed by atoms with Crippen molar-refractivity contribution in [1.82, 2.24) is 4.90 Å². The van der Waals surface area contributed by atoms with Gasteiger partial charge in [0.2, 0.25) is 0 Å². The van der Waals surface area contributed by atoms with Crippen LogP contribution < -0.4 is 0 Å². The van der Waals surface area contributed by atoms with Crippen molar-refractivity contribution in [2.75, 3.05) is 0 Å². The highest BCUT2D eigenvalue weighted by atomic mass is 35.5. The highest BCUT2D eigenvalue weighted by Gasteiger charge is 2.27. The second-order valence-electron chi connectivity index (χ2n) is 4.04. The van der Waals surface area contributed by atoms with E-state index in [1.807, 2.05) is 12.2 Å². The Bertz CT molecular complexity index is 687. The summed E-state index contributed by atoms with van der Waals surface area (Å²) in [5.41, 5.74) is 1.20. The molecule has 0 unspecified atom stereocenters. The van der Waals surface area contributed by atoms with Crippen LogP contribution in [-0.2, 0) is 4.79 Å². The summed E-state index contributed by atoms with van der Waals surface area (Å²) in [7, 11) is 0. The van der Waals surface area contributed by atoms with Crippen molar-refractivity contribution >= 4 is 41.0 Å². The lowest BCUT2D eigenvalue weighted by molar-refractivity contribution is -0.114. The molecule has 0 aromatic heterocycles. The fraction of sp³-hybridized carbons (Fsp3) is 0. The molecule has 0 radical (unpaired) electrons. The number of aliphatic imine (C=N–C) groups is 1. The van der Waals surface area contributed by atoms with Crippen LogP contribution in [0.1, 0.15) is 5.56 Å². The van der Waals surface area contributed by atoms with E-state index in [9.17, 15) is 4.79 Å². The molecule has 5 heteroatoms. The quantitative estimate of drug-likeness (QED) is 0.740. The molecule has 0 atom stereocenters. The van der Waals surface area contributed by atoms with Gasteiger partial charge in [-0.1, -0.05) is 35.3 Å². The van der Waals surface area contributed by atoms with Gasteiger partial charge in [-0.05, 0) is 35.9 Å². The van der Waals surface area contributed by atoms with E-state index < -0.39 is 0 Å². The van der Waals surface area contributed by atoms with E-state index >= 15 is 0 Å². The summed E-state index contributed by atoms with van der Waals surface area (Å²) in [5.74, 6) is 0.334. The Labute approximate surface area is 120 Å². The minimum Gasteiger partial charge on any atom is -0.297 e. The van der Waals surface area contributed by atoms with Crippen LogP contribution in [0.15, 0.2) is 53.3 Å². The van der Waals surface area contributed by atoms with Crippen LogP contribution in [-0.4, -0.2) is 16.6 Å². The first-order chi connectivity index (χ1) is 9.15. The van der Waals surface area contributed by atoms with Crippen LogP contribution in [0.25, 0.3) is 6.08 Å². The molecule has 0 saturated heterocycles. The number of hydrogen-bond acceptors (Lipinski definition) is 2. The fourth-order valence-corrected chi connectivity index (χ4v) is 2.35. The molecule has 1 amide bonds. The highest BCUT2D eigenvalue weighted by molar-refractivity contribution is 6.35. The van der Waals surface area contributed by atoms with E-state index in [4.69, 9.17) is 23.2 Å². The molecule has 3 rings (SSSR count). The number of amides is 1. The molecule has 2 heterocycles. The van der Waals surface area contributed by atoms with Crippen LogP contribution in [0.4, 0.5) is 0 Å². The second kappa shape index (κ2) is 4.68. The van der Waals surface area contributed by atoms with Crippen LogP contribution >= 0.6 is 23.2 Å². The molecule has 0 bridgehead atoms. The van der Waals surface area contributed by atoms with Crippen molar-refractivity contribution in [2.24, 2.45) is 4.99 Å². The van der Waals surface area contributed by atoms with Gasteiger partial charge in [-0.25, -0.2) is 0 Å². The number of carbonyl (C=O) groups is 1. The molecule has 0 fully saturated rings. The first-order valence-corrected chi connectivity index (χ1v) is 6.34. The van der Waals surface area contributed by atoms with Crippen LogP contribution in [0.2, 0.25) is 10.0 Å². The first-order valence-electron chi connectivity index (χ1n) is 5.59. The molecule has 0 spiro atoms. The topological polar surface area (TPSA) is 32.7 Å². The lowest BCUT2D eigenvalue weighted by Crippen LogP contribution is -2.20. The van der Waals surface area contributed by atoms with Crippen LogP contribution in [0.3, 0.4) is 0 Å². The van der Waals surface area contributed by atoms with E-state index in [1.165, 1.54) is 0 Å². The maximum Gasteiger partial charge on any atom is 0.295 e. The summed E-state index contributed by atoms with van der Waals surface area (Å²) in [6, 6.07) is 5.14. The summed E-state index contributed by atoms with van der Waals surface area (Å²) in [5, 5.41) is 1.06. The zero-order chi connectivity index (χ0) is 13.4. The van der Waals surface area contributed by atoms with Gasteiger partial charge >= 0.3 is 0 Å². The normalized spacial score (nSPS) is 19.1. The van der Waals surface area contributed by atoms with Gasteiger partial charge in [0.1, 0.15) is 11.5 Å². The summed E-state index contributed by atoms with van der Waals surface area (Å²) >= 11 is 12.0. The third kappa shape index (κ3) is 2.23. The smallest absolute Gasteiger partial charge is 0.295 e. The summed E-state index contributed by atoms with van der Waals surface area (Å²) in [6.07, 6.45) is 8.96. The van der Waals surface area contributed by atoms with E-state index in [2.05, 4.69) is 4.99 Å². The molecule has 0 aliphatic carbocycles. The van der Waals surface area contributed by atoms with Gasteiger partial charge in [-0.3, -0.25) is 9.69 Å². The van der Waals surface area contributed by atoms with Gasteiger partial charge < -0.3 is 0 Å². The Morgan fingerprint density at radius 3 is 2.84 bits per heavy atom. The number of fused-ring (bicyclic) bond motifs is 1. The molecule has 0 N–H and O–H groups in total. The molecule has 1 aromatic rings. The number of allylic oxidation sites excluding steroid dienone is 2. The Balaban J connectivity index is 2.03. The molecule has 94 valence electrons. The average Bonchev–Trinajstić information content (AvgIpc) is 2.69. The largest absolute Gasteiger partial charge is 0.297 e. The monoisotopic (exact) mass is 290 g/mol. The van der Waals surface area contributed by atoms with Gasteiger partial charge in [0.15, 0.2) is 0 Å². The summed E-state index contributed by atoms with van der Waals surface area (Å²) in [4.78, 5) is 17.6. The minimum atomic E-state index is -0.280. The van der Waals surface area contributed by atoms with Gasteiger partial charge in [-0.2, -0.15) is 4.99 Å². The molecule has 2 aliphatic heterocycles. The van der Waals surface area contributed by atoms with Gasteiger partial charge in [-0.15, -0.1) is 0 Å². The fourth-order valence-electron chi connectivity index (χ4n) is 1.89. The summed E-state index contributed by atoms with van der Waals surface area (Å²) < 4.78 is 0. The number of benzene rings is 1. The molecule has 19 heavy (non-hydrogen) atoms. The van der Waals surface area contributed by atoms with Crippen LogP contribution in [0.5, 0.6) is 0 Å². The molecule has 1 aromatic carbocycles. The molecular weight excluding hydrogens is 283 g/mol. The number of carbonyl (C=O) groups excluding carboxylic acids is 1. The minimum absolute atomic E-state index is 0.280. The second-order valence-corrected chi connectivity index (χ2v) is 4.88. The van der Waals surface area contributed by atoms with Crippen molar-refractivity contribution in [3.05, 3.63) is 63.9 Å². The van der Waals surface area contributed by atoms with Crippen molar-refractivity contribution in [3.63, 3.8) is 0 Å². The van der Waals surface area contributed by atoms with Gasteiger partial charge in [0, 0.05) is 16.2 Å². The van der Waals surface area contributed by atoms with Crippen molar-refractivity contribution in [3.8, 4) is 0 Å². The average molecular weight is 291 g/mol. The number of halogens is 2. The molecular formula is C14H8Cl2N2O. The maximum atomic E-state index is 11.9. The predicted molar refractivity (Wildman–Crippen MR) is 77.0 cm³/mol. The highest BCUT2D eigenvalue weighted by Crippen LogP contribution is 2.27. The molecule has 0 saturated carbocycles. The number of amidine groups is 1. The van der Waals surface area contributed by atoms with Gasteiger partial charge in [0.05, 0.1) is 0 Å². The third-order valence-electron chi connectivity index (χ3n) is 2.79. The predicted octanol–water partition coefficient (Wildman–Crippen LogP) is 3.66. The standard InChI is InChI=1S/C14H8Cl2N2O/c15-10-5-4-9(11(16)8-10)7-12-14(19)17-13-3-1-2-6-18(12)13/h1-8H/b12-7+. The van der Waals surface area contributed by atoms with E-state index in [-0.39, 0.29) is 5.91 Å². The molecule has 3 nitrogen and oxygen atoms in total. The van der Waals surface area contributed by atoms with Crippen molar-refractivity contribution in [2.45, 2.75) is 0 Å². The first kappa shape index (κ1) is 12.2. The summed E-state index contributed by atoms with van der Waals surface area (Å²) in [6.45, 7) is 0. The van der Waals surface area contributed by atoms with E-state index in [1.54, 1.807) is 41.5 Å². The van der Waals surface area contributed by atoms with E-state index in [0.29, 0.717) is 21.6 Å². The van der Waals surface area contributed by atoms with Gasteiger partial charge in [0.25, 0.3) is 5.91 Å². The molecule has 2 aliphatic rings. The number of hydrogen-bond donors (Lipinski definition) is 0. The maximum absolute atomic E-state index is 11.9. The lowest BCUT2D eigenvalue weighted by atomic mass is 10.1. The Hall–Kier alpha value is -1.84. The Morgan fingerprint density at radius 2 is 2.05 bits per heavy atom. The van der Waals surface area contributed by atoms with Crippen molar-refractivity contribution in [1.29, 1.82) is 0 Å². The lowest BCUT2D eigenvalue weighted by Gasteiger charge is -2.16.